The maximum atomic E-state index is 13.6. The Morgan fingerprint density at radius 3 is 2.50 bits per heavy atom. The van der Waals surface area contributed by atoms with Crippen molar-refractivity contribution in [3.05, 3.63) is 109 Å². The largest absolute Gasteiger partial charge is 0.450 e. The third-order valence-electron chi connectivity index (χ3n) is 5.10. The SMILES string of the molecule is O=C1c2oc3ccc(Br)cc3c(=O)c2C(c2ccc(F)cc2)N1c1cccc(Cl)c1. The molecular weight excluding hydrogens is 473 g/mol. The van der Waals surface area contributed by atoms with Crippen molar-refractivity contribution >= 4 is 50.1 Å². The lowest BCUT2D eigenvalue weighted by atomic mass is 9.98. The third kappa shape index (κ3) is 2.95. The fourth-order valence-electron chi connectivity index (χ4n) is 3.80. The van der Waals surface area contributed by atoms with Crippen LogP contribution in [0, 0.1) is 5.82 Å². The molecule has 2 heterocycles. The Hall–Kier alpha value is -2.96. The lowest BCUT2D eigenvalue weighted by Crippen LogP contribution is -2.29. The average molecular weight is 485 g/mol. The van der Waals surface area contributed by atoms with Crippen LogP contribution in [0.1, 0.15) is 27.7 Å². The summed E-state index contributed by atoms with van der Waals surface area (Å²) >= 11 is 9.52. The number of hydrogen-bond acceptors (Lipinski definition) is 3. The topological polar surface area (TPSA) is 50.5 Å². The number of nitrogens with zero attached hydrogens (tertiary/aromatic N) is 1. The minimum absolute atomic E-state index is 0.0240. The number of carbonyl (C=O) groups is 1. The quantitative estimate of drug-likeness (QED) is 0.345. The molecule has 0 radical (unpaired) electrons. The zero-order valence-corrected chi connectivity index (χ0v) is 17.6. The highest BCUT2D eigenvalue weighted by molar-refractivity contribution is 9.10. The molecule has 4 aromatic rings. The number of anilines is 1. The molecule has 1 unspecified atom stereocenters. The first-order valence-corrected chi connectivity index (χ1v) is 10.2. The monoisotopic (exact) mass is 483 g/mol. The smallest absolute Gasteiger partial charge is 0.295 e. The Morgan fingerprint density at radius 1 is 1.00 bits per heavy atom. The van der Waals surface area contributed by atoms with E-state index < -0.39 is 17.8 Å². The molecule has 0 saturated heterocycles. The van der Waals surface area contributed by atoms with E-state index in [4.69, 9.17) is 16.0 Å². The van der Waals surface area contributed by atoms with E-state index in [0.717, 1.165) is 4.47 Å². The van der Waals surface area contributed by atoms with Crippen LogP contribution in [0.5, 0.6) is 0 Å². The third-order valence-corrected chi connectivity index (χ3v) is 5.83. The van der Waals surface area contributed by atoms with Gasteiger partial charge >= 0.3 is 0 Å². The highest BCUT2D eigenvalue weighted by atomic mass is 79.9. The Balaban J connectivity index is 1.83. The first-order chi connectivity index (χ1) is 14.4. The standard InChI is InChI=1S/C23H12BrClFNO3/c24-13-6-9-18-17(10-13)21(28)19-20(12-4-7-15(26)8-5-12)27(23(29)22(19)30-18)16-3-1-2-14(25)11-16/h1-11,20H. The molecule has 1 aliphatic rings. The molecule has 7 heteroatoms. The Bertz CT molecular complexity index is 1380. The second kappa shape index (κ2) is 7.07. The van der Waals surface area contributed by atoms with Crippen molar-refractivity contribution in [3.63, 3.8) is 0 Å². The number of amides is 1. The van der Waals surface area contributed by atoms with E-state index in [2.05, 4.69) is 15.9 Å². The molecule has 1 aliphatic heterocycles. The van der Waals surface area contributed by atoms with Gasteiger partial charge in [0.15, 0.2) is 5.43 Å². The lowest BCUT2D eigenvalue weighted by molar-refractivity contribution is 0.0971. The molecule has 4 nitrogen and oxygen atoms in total. The number of halogens is 3. The van der Waals surface area contributed by atoms with Crippen molar-refractivity contribution in [1.29, 1.82) is 0 Å². The highest BCUT2D eigenvalue weighted by Gasteiger charge is 2.43. The van der Waals surface area contributed by atoms with Gasteiger partial charge in [-0.2, -0.15) is 0 Å². The summed E-state index contributed by atoms with van der Waals surface area (Å²) < 4.78 is 20.2. The van der Waals surface area contributed by atoms with Crippen LogP contribution in [0.25, 0.3) is 11.0 Å². The van der Waals surface area contributed by atoms with E-state index in [1.165, 1.54) is 17.0 Å². The van der Waals surface area contributed by atoms with Crippen LogP contribution in [-0.4, -0.2) is 5.91 Å². The molecule has 0 spiro atoms. The van der Waals surface area contributed by atoms with Gasteiger partial charge in [0.25, 0.3) is 5.91 Å². The van der Waals surface area contributed by atoms with Gasteiger partial charge in [-0.15, -0.1) is 0 Å². The first-order valence-electron chi connectivity index (χ1n) is 9.05. The Labute approximate surface area is 183 Å². The molecular formula is C23H12BrClFNO3. The molecule has 0 bridgehead atoms. The summed E-state index contributed by atoms with van der Waals surface area (Å²) in [5, 5.41) is 0.804. The van der Waals surface area contributed by atoms with Crippen LogP contribution in [0.3, 0.4) is 0 Å². The molecule has 1 atom stereocenters. The van der Waals surface area contributed by atoms with Gasteiger partial charge < -0.3 is 4.42 Å². The van der Waals surface area contributed by atoms with Crippen LogP contribution in [-0.2, 0) is 0 Å². The molecule has 0 saturated carbocycles. The second-order valence-electron chi connectivity index (χ2n) is 6.92. The molecule has 1 aromatic heterocycles. The van der Waals surface area contributed by atoms with Gasteiger partial charge in [-0.1, -0.05) is 45.7 Å². The number of carbonyl (C=O) groups excluding carboxylic acids is 1. The molecule has 5 rings (SSSR count). The van der Waals surface area contributed by atoms with Gasteiger partial charge in [0.1, 0.15) is 11.4 Å². The highest BCUT2D eigenvalue weighted by Crippen LogP contribution is 2.41. The van der Waals surface area contributed by atoms with Crippen molar-refractivity contribution in [3.8, 4) is 0 Å². The molecule has 148 valence electrons. The van der Waals surface area contributed by atoms with Crippen molar-refractivity contribution in [2.45, 2.75) is 6.04 Å². The zero-order chi connectivity index (χ0) is 21.0. The summed E-state index contributed by atoms with van der Waals surface area (Å²) in [4.78, 5) is 28.3. The number of benzene rings is 3. The molecule has 1 amide bonds. The van der Waals surface area contributed by atoms with E-state index in [9.17, 15) is 14.0 Å². The second-order valence-corrected chi connectivity index (χ2v) is 8.28. The van der Waals surface area contributed by atoms with Gasteiger partial charge in [0.2, 0.25) is 5.76 Å². The molecule has 0 fully saturated rings. The van der Waals surface area contributed by atoms with Crippen molar-refractivity contribution < 1.29 is 13.6 Å². The summed E-state index contributed by atoms with van der Waals surface area (Å²) in [6, 6.07) is 16.8. The predicted molar refractivity (Wildman–Crippen MR) is 117 cm³/mol. The maximum absolute atomic E-state index is 13.6. The van der Waals surface area contributed by atoms with Crippen molar-refractivity contribution in [1.82, 2.24) is 0 Å². The van der Waals surface area contributed by atoms with Crippen LogP contribution in [0.2, 0.25) is 5.02 Å². The summed E-state index contributed by atoms with van der Waals surface area (Å²) in [5.74, 6) is -0.889. The minimum Gasteiger partial charge on any atom is -0.450 e. The maximum Gasteiger partial charge on any atom is 0.295 e. The molecule has 3 aromatic carbocycles. The molecule has 30 heavy (non-hydrogen) atoms. The van der Waals surface area contributed by atoms with Gasteiger partial charge in [0.05, 0.1) is 17.0 Å². The van der Waals surface area contributed by atoms with E-state index in [1.54, 1.807) is 54.6 Å². The van der Waals surface area contributed by atoms with Gasteiger partial charge in [-0.3, -0.25) is 14.5 Å². The predicted octanol–water partition coefficient (Wildman–Crippen LogP) is 6.10. The van der Waals surface area contributed by atoms with Crippen LogP contribution < -0.4 is 10.3 Å². The summed E-state index contributed by atoms with van der Waals surface area (Å²) in [5.41, 5.74) is 1.33. The van der Waals surface area contributed by atoms with Crippen LogP contribution in [0.4, 0.5) is 10.1 Å². The van der Waals surface area contributed by atoms with Gasteiger partial charge in [-0.05, 0) is 54.1 Å². The van der Waals surface area contributed by atoms with Crippen molar-refractivity contribution in [2.24, 2.45) is 0 Å². The Morgan fingerprint density at radius 2 is 1.77 bits per heavy atom. The summed E-state index contributed by atoms with van der Waals surface area (Å²) in [6.45, 7) is 0. The average Bonchev–Trinajstić information content (AvgIpc) is 3.02. The summed E-state index contributed by atoms with van der Waals surface area (Å²) in [6.07, 6.45) is 0. The van der Waals surface area contributed by atoms with E-state index in [0.29, 0.717) is 27.2 Å². The van der Waals surface area contributed by atoms with Crippen LogP contribution in [0.15, 0.2) is 80.4 Å². The lowest BCUT2D eigenvalue weighted by Gasteiger charge is -2.25. The minimum atomic E-state index is -0.772. The number of fused-ring (bicyclic) bond motifs is 2. The fraction of sp³-hybridized carbons (Fsp3) is 0.0435. The van der Waals surface area contributed by atoms with Gasteiger partial charge in [0, 0.05) is 15.2 Å². The van der Waals surface area contributed by atoms with Gasteiger partial charge in [-0.25, -0.2) is 4.39 Å². The van der Waals surface area contributed by atoms with E-state index in [-0.39, 0.29) is 16.8 Å². The van der Waals surface area contributed by atoms with Crippen LogP contribution >= 0.6 is 27.5 Å². The fourth-order valence-corrected chi connectivity index (χ4v) is 4.34. The molecule has 0 N–H and O–H groups in total. The summed E-state index contributed by atoms with van der Waals surface area (Å²) in [7, 11) is 0. The number of rotatable bonds is 2. The molecule has 0 aliphatic carbocycles. The van der Waals surface area contributed by atoms with Crippen molar-refractivity contribution in [2.75, 3.05) is 4.90 Å². The van der Waals surface area contributed by atoms with E-state index in [1.807, 2.05) is 0 Å². The normalized spacial score (nSPS) is 15.6. The number of hydrogen-bond donors (Lipinski definition) is 0. The first kappa shape index (κ1) is 19.0. The Kier molecular flexibility index (Phi) is 4.49. The zero-order valence-electron chi connectivity index (χ0n) is 15.2. The van der Waals surface area contributed by atoms with E-state index >= 15 is 0 Å².